The number of hydrogen-bond donors (Lipinski definition) is 1. The van der Waals surface area contributed by atoms with E-state index in [-0.39, 0.29) is 23.4 Å². The van der Waals surface area contributed by atoms with Crippen LogP contribution in [0.15, 0.2) is 0 Å². The highest BCUT2D eigenvalue weighted by atomic mass is 32.2. The maximum atomic E-state index is 11.3. The van der Waals surface area contributed by atoms with Crippen molar-refractivity contribution in [3.05, 3.63) is 0 Å². The molecule has 2 heterocycles. The Hall–Kier alpha value is -0.130. The summed E-state index contributed by atoms with van der Waals surface area (Å²) in [7, 11) is -2.79. The van der Waals surface area contributed by atoms with Crippen LogP contribution in [0.1, 0.15) is 20.3 Å². The zero-order valence-corrected chi connectivity index (χ0v) is 9.43. The van der Waals surface area contributed by atoms with E-state index in [1.54, 1.807) is 0 Å². The molecule has 2 aliphatic heterocycles. The number of hydrogen-bond acceptors (Lipinski definition) is 4. The normalized spacial score (nSPS) is 40.1. The first kappa shape index (κ1) is 10.4. The predicted molar refractivity (Wildman–Crippen MR) is 53.7 cm³/mol. The van der Waals surface area contributed by atoms with E-state index in [0.717, 1.165) is 6.42 Å². The Morgan fingerprint density at radius 1 is 1.43 bits per heavy atom. The minimum Gasteiger partial charge on any atom is -0.361 e. The largest absolute Gasteiger partial charge is 0.361 e. The summed E-state index contributed by atoms with van der Waals surface area (Å²) < 4.78 is 28.1. The fourth-order valence-electron chi connectivity index (χ4n) is 2.08. The fraction of sp³-hybridized carbons (Fsp3) is 1.00. The molecule has 2 rings (SSSR count). The van der Waals surface area contributed by atoms with Crippen LogP contribution in [0.25, 0.3) is 0 Å². The number of ether oxygens (including phenoxy) is 1. The third-order valence-corrected chi connectivity index (χ3v) is 4.65. The summed E-state index contributed by atoms with van der Waals surface area (Å²) in [5.74, 6) is 0.738. The van der Waals surface area contributed by atoms with Crippen LogP contribution in [0.4, 0.5) is 0 Å². The van der Waals surface area contributed by atoms with E-state index in [4.69, 9.17) is 4.74 Å². The molecule has 0 aromatic heterocycles. The summed E-state index contributed by atoms with van der Waals surface area (Å²) in [6, 6.07) is 0. The molecule has 14 heavy (non-hydrogen) atoms. The molecule has 4 nitrogen and oxygen atoms in total. The van der Waals surface area contributed by atoms with E-state index in [1.807, 2.05) is 0 Å². The monoisotopic (exact) mass is 219 g/mol. The van der Waals surface area contributed by atoms with Gasteiger partial charge >= 0.3 is 0 Å². The van der Waals surface area contributed by atoms with E-state index in [9.17, 15) is 8.42 Å². The Morgan fingerprint density at radius 2 is 2.14 bits per heavy atom. The Balaban J connectivity index is 1.99. The van der Waals surface area contributed by atoms with Crippen LogP contribution in [0, 0.1) is 5.92 Å². The molecule has 0 aromatic rings. The SMILES string of the molecule is CC1(C)COC(C2CCS(=O)(=O)C2)N1. The van der Waals surface area contributed by atoms with Crippen LogP contribution in [0.5, 0.6) is 0 Å². The van der Waals surface area contributed by atoms with E-state index in [0.29, 0.717) is 12.4 Å². The van der Waals surface area contributed by atoms with Gasteiger partial charge in [0.2, 0.25) is 0 Å². The van der Waals surface area contributed by atoms with Gasteiger partial charge in [-0.3, -0.25) is 5.32 Å². The highest BCUT2D eigenvalue weighted by Crippen LogP contribution is 2.27. The smallest absolute Gasteiger partial charge is 0.150 e. The van der Waals surface area contributed by atoms with Gasteiger partial charge in [-0.25, -0.2) is 8.42 Å². The van der Waals surface area contributed by atoms with Crippen molar-refractivity contribution >= 4 is 9.84 Å². The first-order chi connectivity index (χ1) is 6.38. The summed E-state index contributed by atoms with van der Waals surface area (Å²) in [5.41, 5.74) is -0.0168. The second-order valence-corrected chi connectivity index (χ2v) is 7.15. The van der Waals surface area contributed by atoms with Crippen LogP contribution in [0.2, 0.25) is 0 Å². The Morgan fingerprint density at radius 3 is 2.57 bits per heavy atom. The summed E-state index contributed by atoms with van der Waals surface area (Å²) in [5, 5.41) is 3.32. The van der Waals surface area contributed by atoms with Gasteiger partial charge in [-0.05, 0) is 20.3 Å². The molecule has 2 unspecified atom stereocenters. The zero-order chi connectivity index (χ0) is 10.4. The standard InChI is InChI=1S/C9H17NO3S/c1-9(2)6-13-8(10-9)7-3-4-14(11,12)5-7/h7-8,10H,3-6H2,1-2H3. The van der Waals surface area contributed by atoms with Gasteiger partial charge in [0.1, 0.15) is 6.23 Å². The minimum absolute atomic E-state index is 0.0168. The molecule has 2 saturated heterocycles. The summed E-state index contributed by atoms with van der Waals surface area (Å²) in [6.07, 6.45) is 0.665. The molecule has 1 N–H and O–H groups in total. The minimum atomic E-state index is -2.79. The summed E-state index contributed by atoms with van der Waals surface area (Å²) >= 11 is 0. The third-order valence-electron chi connectivity index (χ3n) is 2.85. The molecular formula is C9H17NO3S. The van der Waals surface area contributed by atoms with Gasteiger partial charge in [0.25, 0.3) is 0 Å². The Kier molecular flexibility index (Phi) is 2.36. The van der Waals surface area contributed by atoms with Crippen molar-refractivity contribution in [1.29, 1.82) is 0 Å². The van der Waals surface area contributed by atoms with Gasteiger partial charge in [0, 0.05) is 11.5 Å². The lowest BCUT2D eigenvalue weighted by atomic mass is 10.1. The van der Waals surface area contributed by atoms with Crippen LogP contribution in [0.3, 0.4) is 0 Å². The highest BCUT2D eigenvalue weighted by molar-refractivity contribution is 7.91. The van der Waals surface area contributed by atoms with Gasteiger partial charge in [-0.15, -0.1) is 0 Å². The van der Waals surface area contributed by atoms with Gasteiger partial charge in [0.15, 0.2) is 9.84 Å². The first-order valence-corrected chi connectivity index (χ1v) is 6.80. The maximum Gasteiger partial charge on any atom is 0.150 e. The van der Waals surface area contributed by atoms with Gasteiger partial charge in [-0.1, -0.05) is 0 Å². The third kappa shape index (κ3) is 2.10. The second-order valence-electron chi connectivity index (χ2n) is 4.92. The van der Waals surface area contributed by atoms with E-state index < -0.39 is 9.84 Å². The molecule has 5 heteroatoms. The van der Waals surface area contributed by atoms with Gasteiger partial charge < -0.3 is 4.74 Å². The summed E-state index contributed by atoms with van der Waals surface area (Å²) in [6.45, 7) is 4.79. The molecule has 82 valence electrons. The number of rotatable bonds is 1. The highest BCUT2D eigenvalue weighted by Gasteiger charge is 2.40. The summed E-state index contributed by atoms with van der Waals surface area (Å²) in [4.78, 5) is 0. The average molecular weight is 219 g/mol. The number of nitrogens with one attached hydrogen (secondary N) is 1. The molecule has 2 atom stereocenters. The maximum absolute atomic E-state index is 11.3. The molecule has 2 aliphatic rings. The van der Waals surface area contributed by atoms with Crippen molar-refractivity contribution in [1.82, 2.24) is 5.32 Å². The van der Waals surface area contributed by atoms with Crippen molar-refractivity contribution in [2.24, 2.45) is 5.92 Å². The average Bonchev–Trinajstić information content (AvgIpc) is 2.54. The predicted octanol–water partition coefficient (Wildman–Crippen LogP) is 0.146. The van der Waals surface area contributed by atoms with Crippen molar-refractivity contribution in [2.45, 2.75) is 32.0 Å². The molecule has 0 spiro atoms. The Labute approximate surface area is 84.9 Å². The van der Waals surface area contributed by atoms with Gasteiger partial charge in [0.05, 0.1) is 18.1 Å². The van der Waals surface area contributed by atoms with Crippen LogP contribution in [-0.2, 0) is 14.6 Å². The molecule has 0 aliphatic carbocycles. The van der Waals surface area contributed by atoms with E-state index in [1.165, 1.54) is 0 Å². The molecule has 0 amide bonds. The fourth-order valence-corrected chi connectivity index (χ4v) is 3.91. The second kappa shape index (κ2) is 3.18. The lowest BCUT2D eigenvalue weighted by Gasteiger charge is -2.20. The first-order valence-electron chi connectivity index (χ1n) is 4.98. The van der Waals surface area contributed by atoms with E-state index in [2.05, 4.69) is 19.2 Å². The number of sulfone groups is 1. The molecule has 0 saturated carbocycles. The van der Waals surface area contributed by atoms with Crippen LogP contribution in [-0.4, -0.2) is 38.3 Å². The Bertz CT molecular complexity index is 323. The van der Waals surface area contributed by atoms with Crippen LogP contribution >= 0.6 is 0 Å². The topological polar surface area (TPSA) is 55.4 Å². The van der Waals surface area contributed by atoms with Crippen molar-refractivity contribution in [3.63, 3.8) is 0 Å². The molecule has 2 fully saturated rings. The zero-order valence-electron chi connectivity index (χ0n) is 8.62. The molecule has 0 aromatic carbocycles. The lowest BCUT2D eigenvalue weighted by Crippen LogP contribution is -2.42. The molecule has 0 bridgehead atoms. The van der Waals surface area contributed by atoms with Crippen molar-refractivity contribution < 1.29 is 13.2 Å². The van der Waals surface area contributed by atoms with Gasteiger partial charge in [-0.2, -0.15) is 0 Å². The quantitative estimate of drug-likeness (QED) is 0.682. The van der Waals surface area contributed by atoms with Crippen LogP contribution < -0.4 is 5.32 Å². The van der Waals surface area contributed by atoms with Crippen molar-refractivity contribution in [2.75, 3.05) is 18.1 Å². The van der Waals surface area contributed by atoms with E-state index >= 15 is 0 Å². The molecule has 0 radical (unpaired) electrons. The molecular weight excluding hydrogens is 202 g/mol. The lowest BCUT2D eigenvalue weighted by molar-refractivity contribution is 0.0598. The van der Waals surface area contributed by atoms with Crippen molar-refractivity contribution in [3.8, 4) is 0 Å².